The van der Waals surface area contributed by atoms with Crippen LogP contribution in [0.15, 0.2) is 60.7 Å². The van der Waals surface area contributed by atoms with Crippen molar-refractivity contribution < 1.29 is 19.0 Å². The van der Waals surface area contributed by atoms with Crippen LogP contribution in [-0.4, -0.2) is 11.1 Å². The second-order valence-corrected chi connectivity index (χ2v) is 7.06. The van der Waals surface area contributed by atoms with E-state index < -0.39 is 11.8 Å². The third kappa shape index (κ3) is 4.98. The second-order valence-electron chi connectivity index (χ2n) is 6.25. The van der Waals surface area contributed by atoms with Gasteiger partial charge in [-0.2, -0.15) is 5.26 Å². The van der Waals surface area contributed by atoms with Crippen molar-refractivity contribution in [2.24, 2.45) is 0 Å². The van der Waals surface area contributed by atoms with Crippen molar-refractivity contribution in [1.82, 2.24) is 0 Å². The number of hydrogen-bond acceptors (Lipinski definition) is 3. The number of carbonyl (C=O) groups is 1. The van der Waals surface area contributed by atoms with E-state index in [4.69, 9.17) is 33.0 Å². The van der Waals surface area contributed by atoms with Crippen LogP contribution < -0.4 is 4.74 Å². The standard InChI is InChI=1S/C23H14Cl2FNO3/c24-19-10-14(9-18(12-27)15-5-7-16(8-6-15)23(28)29)11-20(25)22(19)30-13-17-3-1-2-4-21(17)26/h1-11H,13H2,(H,28,29)/b18-9-. The molecule has 0 aliphatic carbocycles. The molecule has 0 atom stereocenters. The van der Waals surface area contributed by atoms with Gasteiger partial charge in [-0.3, -0.25) is 0 Å². The summed E-state index contributed by atoms with van der Waals surface area (Å²) in [6.07, 6.45) is 1.58. The minimum atomic E-state index is -1.05. The van der Waals surface area contributed by atoms with Gasteiger partial charge in [0.15, 0.2) is 5.75 Å². The molecule has 0 spiro atoms. The van der Waals surface area contributed by atoms with Gasteiger partial charge in [0, 0.05) is 5.56 Å². The Morgan fingerprint density at radius 1 is 1.07 bits per heavy atom. The average Bonchev–Trinajstić information content (AvgIpc) is 2.72. The average molecular weight is 442 g/mol. The fraction of sp³-hybridized carbons (Fsp3) is 0.0435. The largest absolute Gasteiger partial charge is 0.486 e. The first-order valence-corrected chi connectivity index (χ1v) is 9.45. The number of nitriles is 1. The lowest BCUT2D eigenvalue weighted by Gasteiger charge is -2.12. The van der Waals surface area contributed by atoms with Crippen molar-refractivity contribution in [1.29, 1.82) is 5.26 Å². The van der Waals surface area contributed by atoms with Gasteiger partial charge in [-0.15, -0.1) is 0 Å². The molecule has 4 nitrogen and oxygen atoms in total. The molecule has 0 aliphatic rings. The van der Waals surface area contributed by atoms with Gasteiger partial charge in [0.2, 0.25) is 0 Å². The highest BCUT2D eigenvalue weighted by Crippen LogP contribution is 2.36. The number of hydrogen-bond donors (Lipinski definition) is 1. The van der Waals surface area contributed by atoms with Gasteiger partial charge in [-0.1, -0.05) is 53.5 Å². The first-order chi connectivity index (χ1) is 14.4. The quantitative estimate of drug-likeness (QED) is 0.351. The molecule has 3 aromatic rings. The van der Waals surface area contributed by atoms with E-state index in [1.54, 1.807) is 48.5 Å². The molecule has 30 heavy (non-hydrogen) atoms. The summed E-state index contributed by atoms with van der Waals surface area (Å²) >= 11 is 12.6. The van der Waals surface area contributed by atoms with Crippen molar-refractivity contribution in [3.8, 4) is 11.8 Å². The van der Waals surface area contributed by atoms with Crippen molar-refractivity contribution in [2.45, 2.75) is 6.61 Å². The van der Waals surface area contributed by atoms with Crippen LogP contribution in [0.4, 0.5) is 4.39 Å². The molecule has 0 heterocycles. The van der Waals surface area contributed by atoms with E-state index in [0.29, 0.717) is 22.3 Å². The molecule has 3 rings (SSSR count). The van der Waals surface area contributed by atoms with E-state index in [-0.39, 0.29) is 28.0 Å². The van der Waals surface area contributed by atoms with Gasteiger partial charge in [0.1, 0.15) is 12.4 Å². The van der Waals surface area contributed by atoms with Gasteiger partial charge in [-0.05, 0) is 47.5 Å². The summed E-state index contributed by atoms with van der Waals surface area (Å²) in [4.78, 5) is 11.0. The number of nitrogens with zero attached hydrogens (tertiary/aromatic N) is 1. The fourth-order valence-corrected chi connectivity index (χ4v) is 3.32. The number of halogens is 3. The number of rotatable bonds is 6. The lowest BCUT2D eigenvalue weighted by molar-refractivity contribution is 0.0697. The summed E-state index contributed by atoms with van der Waals surface area (Å²) in [7, 11) is 0. The topological polar surface area (TPSA) is 70.3 Å². The Bertz CT molecular complexity index is 1140. The highest BCUT2D eigenvalue weighted by Gasteiger charge is 2.12. The van der Waals surface area contributed by atoms with Crippen LogP contribution in [0.5, 0.6) is 5.75 Å². The van der Waals surface area contributed by atoms with E-state index in [9.17, 15) is 14.4 Å². The van der Waals surface area contributed by atoms with Crippen molar-refractivity contribution in [3.05, 3.63) is 98.8 Å². The molecule has 7 heteroatoms. The highest BCUT2D eigenvalue weighted by atomic mass is 35.5. The number of benzene rings is 3. The van der Waals surface area contributed by atoms with Gasteiger partial charge >= 0.3 is 5.97 Å². The Balaban J connectivity index is 1.85. The molecule has 0 bridgehead atoms. The molecule has 0 aliphatic heterocycles. The highest BCUT2D eigenvalue weighted by molar-refractivity contribution is 6.37. The van der Waals surface area contributed by atoms with Crippen molar-refractivity contribution >= 4 is 40.8 Å². The molecule has 0 saturated carbocycles. The molecule has 0 amide bonds. The lowest BCUT2D eigenvalue weighted by Crippen LogP contribution is -1.99. The molecule has 0 fully saturated rings. The van der Waals surface area contributed by atoms with Crippen LogP contribution in [0.1, 0.15) is 27.0 Å². The predicted octanol–water partition coefficient (Wildman–Crippen LogP) is 6.47. The summed E-state index contributed by atoms with van der Waals surface area (Å²) < 4.78 is 19.3. The zero-order chi connectivity index (χ0) is 21.7. The molecule has 3 aromatic carbocycles. The number of allylic oxidation sites excluding steroid dienone is 1. The Morgan fingerprint density at radius 3 is 2.23 bits per heavy atom. The third-order valence-corrected chi connectivity index (χ3v) is 4.79. The second kappa shape index (κ2) is 9.45. The molecule has 1 N–H and O–H groups in total. The summed E-state index contributed by atoms with van der Waals surface area (Å²) in [5.74, 6) is -1.23. The van der Waals surface area contributed by atoms with E-state index in [1.165, 1.54) is 18.2 Å². The molecular formula is C23H14Cl2FNO3. The third-order valence-electron chi connectivity index (χ3n) is 4.22. The van der Waals surface area contributed by atoms with E-state index >= 15 is 0 Å². The SMILES string of the molecule is N#C/C(=C/c1cc(Cl)c(OCc2ccccc2F)c(Cl)c1)c1ccc(C(=O)O)cc1. The monoisotopic (exact) mass is 441 g/mol. The Morgan fingerprint density at radius 2 is 1.67 bits per heavy atom. The van der Waals surface area contributed by atoms with Crippen LogP contribution in [0.25, 0.3) is 11.6 Å². The van der Waals surface area contributed by atoms with Gasteiger partial charge < -0.3 is 9.84 Å². The number of aromatic carboxylic acids is 1. The Hall–Kier alpha value is -3.33. The lowest BCUT2D eigenvalue weighted by atomic mass is 10.0. The first kappa shape index (κ1) is 21.4. The van der Waals surface area contributed by atoms with Crippen LogP contribution in [0.2, 0.25) is 10.0 Å². The molecule has 0 saturated heterocycles. The minimum absolute atomic E-state index is 0.0410. The smallest absolute Gasteiger partial charge is 0.335 e. The molecule has 0 radical (unpaired) electrons. The van der Waals surface area contributed by atoms with Crippen LogP contribution in [0.3, 0.4) is 0 Å². The zero-order valence-electron chi connectivity index (χ0n) is 15.4. The van der Waals surface area contributed by atoms with Crippen molar-refractivity contribution in [2.75, 3.05) is 0 Å². The maximum Gasteiger partial charge on any atom is 0.335 e. The summed E-state index contributed by atoms with van der Waals surface area (Å²) in [6.45, 7) is -0.0410. The van der Waals surface area contributed by atoms with Gasteiger partial charge in [0.05, 0.1) is 27.3 Å². The predicted molar refractivity (Wildman–Crippen MR) is 114 cm³/mol. The molecular weight excluding hydrogens is 428 g/mol. The van der Waals surface area contributed by atoms with Gasteiger partial charge in [0.25, 0.3) is 0 Å². The normalized spacial score (nSPS) is 11.1. The molecule has 150 valence electrons. The molecule has 0 aromatic heterocycles. The maximum atomic E-state index is 13.8. The van der Waals surface area contributed by atoms with Crippen molar-refractivity contribution in [3.63, 3.8) is 0 Å². The minimum Gasteiger partial charge on any atom is -0.486 e. The van der Waals surface area contributed by atoms with Crippen LogP contribution in [0, 0.1) is 17.1 Å². The molecule has 0 unspecified atom stereocenters. The Kier molecular flexibility index (Phi) is 6.73. The van der Waals surface area contributed by atoms with E-state index in [1.807, 2.05) is 0 Å². The summed E-state index contributed by atoms with van der Waals surface area (Å²) in [5, 5.41) is 18.9. The van der Waals surface area contributed by atoms with Crippen LogP contribution >= 0.6 is 23.2 Å². The maximum absolute atomic E-state index is 13.8. The van der Waals surface area contributed by atoms with E-state index in [0.717, 1.165) is 0 Å². The van der Waals surface area contributed by atoms with E-state index in [2.05, 4.69) is 6.07 Å². The fourth-order valence-electron chi connectivity index (χ4n) is 2.71. The zero-order valence-corrected chi connectivity index (χ0v) is 16.9. The number of carboxylic acid groups (broad SMARTS) is 1. The number of carboxylic acids is 1. The Labute approximate surface area is 182 Å². The summed E-state index contributed by atoms with van der Waals surface area (Å²) in [5.41, 5.74) is 1.90. The summed E-state index contributed by atoms with van der Waals surface area (Å²) in [6, 6.07) is 17.4. The van der Waals surface area contributed by atoms with Gasteiger partial charge in [-0.25, -0.2) is 9.18 Å². The number of ether oxygens (including phenoxy) is 1. The first-order valence-electron chi connectivity index (χ1n) is 8.70. The van der Waals surface area contributed by atoms with Crippen LogP contribution in [-0.2, 0) is 6.61 Å².